The lowest BCUT2D eigenvalue weighted by Crippen LogP contribution is -2.44. The minimum atomic E-state index is -0.410. The molecule has 1 aromatic carbocycles. The third kappa shape index (κ3) is 3.34. The Balaban J connectivity index is 2.15. The van der Waals surface area contributed by atoms with Crippen molar-refractivity contribution < 1.29 is 14.3 Å². The lowest BCUT2D eigenvalue weighted by molar-refractivity contribution is -0.122. The van der Waals surface area contributed by atoms with Crippen molar-refractivity contribution >= 4 is 11.7 Å². The number of Topliss-reactive ketones (excluding diaryl/α,β-unsaturated/α-hetero) is 1. The maximum absolute atomic E-state index is 12.4. The highest BCUT2D eigenvalue weighted by Gasteiger charge is 2.27. The molecule has 2 rings (SSSR count). The van der Waals surface area contributed by atoms with Crippen LogP contribution in [0.2, 0.25) is 0 Å². The van der Waals surface area contributed by atoms with Gasteiger partial charge >= 0.3 is 0 Å². The van der Waals surface area contributed by atoms with E-state index in [1.54, 1.807) is 12.1 Å². The summed E-state index contributed by atoms with van der Waals surface area (Å²) >= 11 is 0. The molecular formula is C15H19NO3. The molecule has 1 aliphatic rings. The van der Waals surface area contributed by atoms with Crippen molar-refractivity contribution in [1.29, 1.82) is 0 Å². The molecule has 1 fully saturated rings. The average molecular weight is 261 g/mol. The first-order valence-corrected chi connectivity index (χ1v) is 6.77. The minimum absolute atomic E-state index is 0.0449. The van der Waals surface area contributed by atoms with E-state index in [-0.39, 0.29) is 11.7 Å². The van der Waals surface area contributed by atoms with E-state index >= 15 is 0 Å². The van der Waals surface area contributed by atoms with Gasteiger partial charge in [0, 0.05) is 6.42 Å². The molecule has 0 saturated carbocycles. The number of hydrogen-bond donors (Lipinski definition) is 1. The van der Waals surface area contributed by atoms with Gasteiger partial charge in [0.05, 0.1) is 18.2 Å². The van der Waals surface area contributed by atoms with Crippen LogP contribution in [0.15, 0.2) is 24.3 Å². The number of amides is 1. The van der Waals surface area contributed by atoms with Gasteiger partial charge in [0.1, 0.15) is 5.75 Å². The number of nitrogens with one attached hydrogen (secondary N) is 1. The number of piperidine rings is 1. The Morgan fingerprint density at radius 3 is 2.95 bits per heavy atom. The van der Waals surface area contributed by atoms with Crippen LogP contribution >= 0.6 is 0 Å². The quantitative estimate of drug-likeness (QED) is 0.828. The smallest absolute Gasteiger partial charge is 0.220 e. The Kier molecular flexibility index (Phi) is 4.55. The van der Waals surface area contributed by atoms with Gasteiger partial charge in [-0.15, -0.1) is 0 Å². The summed E-state index contributed by atoms with van der Waals surface area (Å²) in [5.41, 5.74) is 0.558. The summed E-state index contributed by atoms with van der Waals surface area (Å²) in [4.78, 5) is 23.8. The van der Waals surface area contributed by atoms with E-state index in [2.05, 4.69) is 5.32 Å². The van der Waals surface area contributed by atoms with Crippen LogP contribution in [0.1, 0.15) is 43.0 Å². The molecule has 4 heteroatoms. The molecule has 1 unspecified atom stereocenters. The summed E-state index contributed by atoms with van der Waals surface area (Å²) in [5, 5.41) is 2.75. The number of para-hydroxylation sites is 1. The van der Waals surface area contributed by atoms with Gasteiger partial charge in [-0.05, 0) is 31.4 Å². The van der Waals surface area contributed by atoms with Crippen LogP contribution in [0.4, 0.5) is 0 Å². The molecule has 0 aliphatic carbocycles. The lowest BCUT2D eigenvalue weighted by atomic mass is 9.95. The van der Waals surface area contributed by atoms with Crippen LogP contribution in [0.3, 0.4) is 0 Å². The highest BCUT2D eigenvalue weighted by molar-refractivity contribution is 6.04. The number of benzene rings is 1. The Labute approximate surface area is 113 Å². The van der Waals surface area contributed by atoms with Crippen molar-refractivity contribution in [3.05, 3.63) is 29.8 Å². The molecule has 0 radical (unpaired) electrons. The van der Waals surface area contributed by atoms with Gasteiger partial charge in [-0.25, -0.2) is 0 Å². The third-order valence-corrected chi connectivity index (χ3v) is 3.16. The van der Waals surface area contributed by atoms with Crippen LogP contribution in [0.25, 0.3) is 0 Å². The average Bonchev–Trinajstić information content (AvgIpc) is 2.44. The maximum Gasteiger partial charge on any atom is 0.220 e. The highest BCUT2D eigenvalue weighted by atomic mass is 16.5. The number of ether oxygens (including phenoxy) is 1. The third-order valence-electron chi connectivity index (χ3n) is 3.16. The fraction of sp³-hybridized carbons (Fsp3) is 0.467. The van der Waals surface area contributed by atoms with Crippen molar-refractivity contribution in [2.75, 3.05) is 6.61 Å². The number of carbonyl (C=O) groups excluding carboxylic acids is 2. The molecule has 1 aliphatic heterocycles. The molecule has 1 aromatic rings. The zero-order valence-electron chi connectivity index (χ0n) is 11.1. The van der Waals surface area contributed by atoms with E-state index in [9.17, 15) is 9.59 Å². The Bertz CT molecular complexity index is 470. The zero-order valence-corrected chi connectivity index (χ0v) is 11.1. The molecule has 1 atom stereocenters. The Morgan fingerprint density at radius 2 is 2.21 bits per heavy atom. The van der Waals surface area contributed by atoms with Gasteiger partial charge in [0.25, 0.3) is 0 Å². The Hall–Kier alpha value is -1.84. The summed E-state index contributed by atoms with van der Waals surface area (Å²) in [5.74, 6) is 0.505. The van der Waals surface area contributed by atoms with E-state index in [1.165, 1.54) is 0 Å². The highest BCUT2D eigenvalue weighted by Crippen LogP contribution is 2.22. The van der Waals surface area contributed by atoms with E-state index in [1.807, 2.05) is 19.1 Å². The minimum Gasteiger partial charge on any atom is -0.493 e. The summed E-state index contributed by atoms with van der Waals surface area (Å²) in [6.45, 7) is 2.60. The van der Waals surface area contributed by atoms with Gasteiger partial charge < -0.3 is 10.1 Å². The predicted molar refractivity (Wildman–Crippen MR) is 72.3 cm³/mol. The van der Waals surface area contributed by atoms with Crippen molar-refractivity contribution in [2.24, 2.45) is 0 Å². The van der Waals surface area contributed by atoms with Gasteiger partial charge in [-0.1, -0.05) is 19.1 Å². The SMILES string of the molecule is CCCOc1ccccc1C(=O)C1CCCC(=O)N1. The summed E-state index contributed by atoms with van der Waals surface area (Å²) in [7, 11) is 0. The monoisotopic (exact) mass is 261 g/mol. The fourth-order valence-electron chi connectivity index (χ4n) is 2.20. The van der Waals surface area contributed by atoms with Crippen molar-refractivity contribution in [3.63, 3.8) is 0 Å². The lowest BCUT2D eigenvalue weighted by Gasteiger charge is -2.22. The van der Waals surface area contributed by atoms with Crippen molar-refractivity contribution in [2.45, 2.75) is 38.6 Å². The van der Waals surface area contributed by atoms with Gasteiger partial charge in [-0.3, -0.25) is 9.59 Å². The van der Waals surface area contributed by atoms with Crippen molar-refractivity contribution in [3.8, 4) is 5.75 Å². The number of ketones is 1. The molecule has 1 saturated heterocycles. The molecule has 19 heavy (non-hydrogen) atoms. The maximum atomic E-state index is 12.4. The second-order valence-electron chi connectivity index (χ2n) is 4.72. The largest absolute Gasteiger partial charge is 0.493 e. The Morgan fingerprint density at radius 1 is 1.42 bits per heavy atom. The van der Waals surface area contributed by atoms with Crippen LogP contribution < -0.4 is 10.1 Å². The first kappa shape index (κ1) is 13.6. The van der Waals surface area contributed by atoms with Gasteiger partial charge in [0.15, 0.2) is 5.78 Å². The second-order valence-corrected chi connectivity index (χ2v) is 4.72. The first-order valence-electron chi connectivity index (χ1n) is 6.77. The summed E-state index contributed by atoms with van der Waals surface area (Å²) in [6.07, 6.45) is 2.87. The van der Waals surface area contributed by atoms with Gasteiger partial charge in [0.2, 0.25) is 5.91 Å². The number of hydrogen-bond acceptors (Lipinski definition) is 3. The summed E-state index contributed by atoms with van der Waals surface area (Å²) < 4.78 is 5.59. The van der Waals surface area contributed by atoms with E-state index < -0.39 is 6.04 Å². The fourth-order valence-corrected chi connectivity index (χ4v) is 2.20. The molecular weight excluding hydrogens is 242 g/mol. The molecule has 4 nitrogen and oxygen atoms in total. The van der Waals surface area contributed by atoms with E-state index in [4.69, 9.17) is 4.74 Å². The normalized spacial score (nSPS) is 18.8. The molecule has 1 heterocycles. The second kappa shape index (κ2) is 6.36. The van der Waals surface area contributed by atoms with E-state index in [0.29, 0.717) is 30.8 Å². The first-order chi connectivity index (χ1) is 9.22. The zero-order chi connectivity index (χ0) is 13.7. The molecule has 1 amide bonds. The van der Waals surface area contributed by atoms with Crippen LogP contribution in [0, 0.1) is 0 Å². The molecule has 102 valence electrons. The standard InChI is InChI=1S/C15H19NO3/c1-2-10-19-13-8-4-3-6-11(13)15(18)12-7-5-9-14(17)16-12/h3-4,6,8,12H,2,5,7,9-10H2,1H3,(H,16,17). The van der Waals surface area contributed by atoms with Crippen LogP contribution in [0.5, 0.6) is 5.75 Å². The van der Waals surface area contributed by atoms with Gasteiger partial charge in [-0.2, -0.15) is 0 Å². The number of carbonyl (C=O) groups is 2. The number of rotatable bonds is 5. The molecule has 0 spiro atoms. The molecule has 0 bridgehead atoms. The topological polar surface area (TPSA) is 55.4 Å². The van der Waals surface area contributed by atoms with Crippen LogP contribution in [-0.2, 0) is 4.79 Å². The van der Waals surface area contributed by atoms with E-state index in [0.717, 1.165) is 12.8 Å². The van der Waals surface area contributed by atoms with Crippen LogP contribution in [-0.4, -0.2) is 24.3 Å². The van der Waals surface area contributed by atoms with Crippen molar-refractivity contribution in [1.82, 2.24) is 5.32 Å². The summed E-state index contributed by atoms with van der Waals surface area (Å²) in [6, 6.07) is 6.81. The predicted octanol–water partition coefficient (Wildman–Crippen LogP) is 2.33. The molecule has 0 aromatic heterocycles. The molecule has 1 N–H and O–H groups in total.